The molecule has 0 fully saturated rings. The molecule has 9 nitrogen and oxygen atoms in total. The molecule has 1 aromatic heterocycles. The first-order chi connectivity index (χ1) is 14.3. The van der Waals surface area contributed by atoms with Gasteiger partial charge in [-0.15, -0.1) is 0 Å². The van der Waals surface area contributed by atoms with Gasteiger partial charge in [-0.3, -0.25) is 5.32 Å². The van der Waals surface area contributed by atoms with Crippen LogP contribution in [0.3, 0.4) is 0 Å². The van der Waals surface area contributed by atoms with E-state index in [4.69, 9.17) is 21.5 Å². The van der Waals surface area contributed by atoms with Crippen LogP contribution in [0.15, 0.2) is 23.2 Å². The number of nitrogens with two attached hydrogens (primary N) is 2. The summed E-state index contributed by atoms with van der Waals surface area (Å²) < 4.78 is 5.98. The van der Waals surface area contributed by atoms with Gasteiger partial charge in [0.05, 0.1) is 12.3 Å². The molecule has 2 heterocycles. The Balaban J connectivity index is 2.09. The minimum atomic E-state index is -0.592. The first-order valence-electron chi connectivity index (χ1n) is 9.57. The number of fused-ring (bicyclic) bond motifs is 1. The van der Waals surface area contributed by atoms with E-state index in [0.29, 0.717) is 23.9 Å². The maximum absolute atomic E-state index is 9.43. The number of rotatable bonds is 5. The van der Waals surface area contributed by atoms with Crippen molar-refractivity contribution in [3.05, 3.63) is 40.5 Å². The fourth-order valence-electron chi connectivity index (χ4n) is 3.17. The average molecular weight is 404 g/mol. The highest BCUT2D eigenvalue weighted by Crippen LogP contribution is 2.41. The second kappa shape index (κ2) is 8.58. The topological polar surface area (TPSA) is 158 Å². The summed E-state index contributed by atoms with van der Waals surface area (Å²) in [4.78, 5) is 8.84. The van der Waals surface area contributed by atoms with E-state index < -0.39 is 6.04 Å². The first kappa shape index (κ1) is 20.7. The third-order valence-corrected chi connectivity index (χ3v) is 4.84. The van der Waals surface area contributed by atoms with E-state index in [1.165, 1.54) is 0 Å². The minimum Gasteiger partial charge on any atom is -0.493 e. The van der Waals surface area contributed by atoms with Crippen molar-refractivity contribution in [3.63, 3.8) is 0 Å². The van der Waals surface area contributed by atoms with Gasteiger partial charge in [0, 0.05) is 5.56 Å². The van der Waals surface area contributed by atoms with Gasteiger partial charge in [-0.1, -0.05) is 26.0 Å². The van der Waals surface area contributed by atoms with E-state index in [1.54, 1.807) is 0 Å². The number of nitrogen functional groups attached to an aromatic ring is 2. The average Bonchev–Trinajstić information content (AvgIpc) is 2.69. The number of benzene rings is 1. The summed E-state index contributed by atoms with van der Waals surface area (Å²) in [6.45, 7) is 6.87. The lowest BCUT2D eigenvalue weighted by Gasteiger charge is -2.26. The van der Waals surface area contributed by atoms with Crippen molar-refractivity contribution < 1.29 is 4.74 Å². The Morgan fingerprint density at radius 3 is 2.73 bits per heavy atom. The number of nitriles is 2. The maximum atomic E-state index is 9.43. The first-order valence-corrected chi connectivity index (χ1v) is 9.57. The predicted molar refractivity (Wildman–Crippen MR) is 116 cm³/mol. The van der Waals surface area contributed by atoms with Crippen LogP contribution >= 0.6 is 0 Å². The molecule has 0 radical (unpaired) electrons. The molecule has 0 bridgehead atoms. The minimum absolute atomic E-state index is 0.0137. The van der Waals surface area contributed by atoms with Crippen LogP contribution in [0.2, 0.25) is 0 Å². The summed E-state index contributed by atoms with van der Waals surface area (Å²) in [5, 5.41) is 23.9. The number of hydrogen-bond acceptors (Lipinski definition) is 9. The molecule has 154 valence electrons. The largest absolute Gasteiger partial charge is 0.493 e. The van der Waals surface area contributed by atoms with Gasteiger partial charge in [-0.05, 0) is 36.5 Å². The van der Waals surface area contributed by atoms with Crippen molar-refractivity contribution in [1.29, 1.82) is 10.5 Å². The van der Waals surface area contributed by atoms with Crippen molar-refractivity contribution in [2.24, 2.45) is 10.9 Å². The zero-order valence-electron chi connectivity index (χ0n) is 17.2. The van der Waals surface area contributed by atoms with Crippen molar-refractivity contribution >= 4 is 23.3 Å². The molecule has 1 aliphatic rings. The van der Waals surface area contributed by atoms with Crippen LogP contribution in [-0.2, 0) is 0 Å². The molecule has 9 heteroatoms. The number of hydrogen-bond donors (Lipinski definition) is 4. The molecule has 1 atom stereocenters. The van der Waals surface area contributed by atoms with E-state index in [2.05, 4.69) is 34.5 Å². The summed E-state index contributed by atoms with van der Waals surface area (Å²) in [7, 11) is 0. The molecule has 3 rings (SSSR count). The van der Waals surface area contributed by atoms with Gasteiger partial charge in [-0.25, -0.2) is 9.98 Å². The van der Waals surface area contributed by atoms with Crippen LogP contribution in [0, 0.1) is 35.6 Å². The third kappa shape index (κ3) is 4.06. The smallest absolute Gasteiger partial charge is 0.211 e. The SMILES string of the molecule is Cc1ccc(C2N=C(NC#N)Nc3nc(N)c(C#N)c(N)c32)cc1OCCC(C)C. The van der Waals surface area contributed by atoms with Crippen LogP contribution in [-0.4, -0.2) is 17.6 Å². The third-order valence-electron chi connectivity index (χ3n) is 4.84. The van der Waals surface area contributed by atoms with Crippen LogP contribution in [0.25, 0.3) is 0 Å². The Kier molecular flexibility index (Phi) is 5.93. The Hall–Kier alpha value is -3.98. The molecular formula is C21H24N8O. The van der Waals surface area contributed by atoms with Crippen LogP contribution in [0.1, 0.15) is 48.6 Å². The van der Waals surface area contributed by atoms with Crippen molar-refractivity contribution in [1.82, 2.24) is 10.3 Å². The molecule has 0 spiro atoms. The zero-order valence-corrected chi connectivity index (χ0v) is 17.2. The molecule has 0 saturated heterocycles. The lowest BCUT2D eigenvalue weighted by Crippen LogP contribution is -2.32. The second-order valence-electron chi connectivity index (χ2n) is 7.46. The van der Waals surface area contributed by atoms with E-state index in [1.807, 2.05) is 37.4 Å². The van der Waals surface area contributed by atoms with E-state index >= 15 is 0 Å². The lowest BCUT2D eigenvalue weighted by molar-refractivity contribution is 0.287. The number of anilines is 3. The summed E-state index contributed by atoms with van der Waals surface area (Å²) in [5.74, 6) is 1.87. The molecule has 0 amide bonds. The monoisotopic (exact) mass is 404 g/mol. The van der Waals surface area contributed by atoms with Crippen molar-refractivity contribution in [2.45, 2.75) is 33.2 Å². The second-order valence-corrected chi connectivity index (χ2v) is 7.46. The number of aliphatic imine (C=N–C) groups is 1. The number of aromatic nitrogens is 1. The zero-order chi connectivity index (χ0) is 21.8. The van der Waals surface area contributed by atoms with Crippen LogP contribution in [0.5, 0.6) is 5.75 Å². The summed E-state index contributed by atoms with van der Waals surface area (Å²) in [5.41, 5.74) is 14.8. The number of nitrogens with zero attached hydrogens (tertiary/aromatic N) is 4. The highest BCUT2D eigenvalue weighted by Gasteiger charge is 2.30. The Bertz CT molecular complexity index is 1080. The highest BCUT2D eigenvalue weighted by atomic mass is 16.5. The lowest BCUT2D eigenvalue weighted by atomic mass is 9.94. The number of pyridine rings is 1. The van der Waals surface area contributed by atoms with Gasteiger partial charge in [-0.2, -0.15) is 10.5 Å². The Morgan fingerprint density at radius 1 is 1.30 bits per heavy atom. The predicted octanol–water partition coefficient (Wildman–Crippen LogP) is 2.79. The van der Waals surface area contributed by atoms with E-state index in [-0.39, 0.29) is 23.0 Å². The van der Waals surface area contributed by atoms with Gasteiger partial charge in [0.25, 0.3) is 0 Å². The molecule has 1 aromatic carbocycles. The fraction of sp³-hybridized carbons (Fsp3) is 0.333. The van der Waals surface area contributed by atoms with Crippen LogP contribution in [0.4, 0.5) is 17.3 Å². The van der Waals surface area contributed by atoms with Crippen molar-refractivity contribution in [2.75, 3.05) is 23.4 Å². The maximum Gasteiger partial charge on any atom is 0.211 e. The molecular weight excluding hydrogens is 380 g/mol. The quantitative estimate of drug-likeness (QED) is 0.437. The van der Waals surface area contributed by atoms with Gasteiger partial charge >= 0.3 is 0 Å². The van der Waals surface area contributed by atoms with E-state index in [9.17, 15) is 5.26 Å². The van der Waals surface area contributed by atoms with E-state index in [0.717, 1.165) is 23.3 Å². The standard InChI is InChI=1S/C21H24N8O/c1-11(2)6-7-30-15-8-13(5-4-12(15)3)18-16-17(24)14(9-22)19(25)28-20(16)29-21(27-18)26-10-23/h4-5,8,11,18H,6-7H2,1-3H3,(H6,24,25,26,27,28,29). The summed E-state index contributed by atoms with van der Waals surface area (Å²) in [6.07, 6.45) is 2.78. The summed E-state index contributed by atoms with van der Waals surface area (Å²) in [6, 6.07) is 7.18. The summed E-state index contributed by atoms with van der Waals surface area (Å²) >= 11 is 0. The number of nitrogens with one attached hydrogen (secondary N) is 2. The highest BCUT2D eigenvalue weighted by molar-refractivity contribution is 5.98. The molecule has 1 unspecified atom stereocenters. The van der Waals surface area contributed by atoms with Gasteiger partial charge < -0.3 is 21.5 Å². The number of ether oxygens (including phenoxy) is 1. The van der Waals surface area contributed by atoms with Gasteiger partial charge in [0.2, 0.25) is 5.96 Å². The number of guanidine groups is 1. The molecule has 6 N–H and O–H groups in total. The van der Waals surface area contributed by atoms with Gasteiger partial charge in [0.15, 0.2) is 6.19 Å². The molecule has 1 aliphatic heterocycles. The molecule has 30 heavy (non-hydrogen) atoms. The normalized spacial score (nSPS) is 14.7. The molecule has 2 aromatic rings. The van der Waals surface area contributed by atoms with Crippen LogP contribution < -0.4 is 26.8 Å². The molecule has 0 saturated carbocycles. The van der Waals surface area contributed by atoms with Gasteiger partial charge in [0.1, 0.15) is 35.1 Å². The Labute approximate surface area is 175 Å². The van der Waals surface area contributed by atoms with Crippen molar-refractivity contribution in [3.8, 4) is 18.0 Å². The number of aryl methyl sites for hydroxylation is 1. The fourth-order valence-corrected chi connectivity index (χ4v) is 3.17. The Morgan fingerprint density at radius 2 is 2.07 bits per heavy atom. The molecule has 0 aliphatic carbocycles.